The zero-order valence-electron chi connectivity index (χ0n) is 23.1. The van der Waals surface area contributed by atoms with Crippen molar-refractivity contribution in [1.82, 2.24) is 0 Å². The minimum Gasteiger partial charge on any atom is -0.493 e. The number of hydrogen-bond donors (Lipinski definition) is 0. The second-order valence-electron chi connectivity index (χ2n) is 8.87. The number of sulfonamides is 2. The lowest BCUT2D eigenvalue weighted by Gasteiger charge is -2.26. The molecular formula is C28H32N2O9S2. The number of carbonyl (C=O) groups excluding carboxylic acids is 2. The highest BCUT2D eigenvalue weighted by Gasteiger charge is 2.27. The maximum Gasteiger partial charge on any atom is 0.341 e. The Kier molecular flexibility index (Phi) is 10.4. The van der Waals surface area contributed by atoms with Gasteiger partial charge in [-0.05, 0) is 48.4 Å². The third-order valence-electron chi connectivity index (χ3n) is 5.94. The first-order valence-electron chi connectivity index (χ1n) is 12.4. The van der Waals surface area contributed by atoms with Gasteiger partial charge in [0, 0.05) is 0 Å². The van der Waals surface area contributed by atoms with Crippen LogP contribution >= 0.6 is 0 Å². The van der Waals surface area contributed by atoms with Crippen LogP contribution in [0, 0.1) is 0 Å². The standard InChI is InChI=1S/C28H32N2O9S2/c1-5-39-26-16-15-24(17-25(26)28(32)38-3)30(41(35,36)20-22-9-7-6-8-10-22)18-21-11-13-23(14-12-21)29(40(4,33)34)19-27(31)37-2/h6-17H,5,18-20H2,1-4H3. The fraction of sp³-hybridized carbons (Fsp3) is 0.286. The summed E-state index contributed by atoms with van der Waals surface area (Å²) < 4.78 is 69.2. The molecule has 0 spiro atoms. The van der Waals surface area contributed by atoms with Crippen molar-refractivity contribution < 1.29 is 40.6 Å². The summed E-state index contributed by atoms with van der Waals surface area (Å²) in [5.41, 5.74) is 1.56. The van der Waals surface area contributed by atoms with Gasteiger partial charge < -0.3 is 14.2 Å². The summed E-state index contributed by atoms with van der Waals surface area (Å²) in [7, 11) is -5.44. The molecule has 0 radical (unpaired) electrons. The Morgan fingerprint density at radius 1 is 0.780 bits per heavy atom. The summed E-state index contributed by atoms with van der Waals surface area (Å²) in [5, 5.41) is 0. The zero-order valence-corrected chi connectivity index (χ0v) is 24.8. The van der Waals surface area contributed by atoms with E-state index in [0.29, 0.717) is 11.1 Å². The molecule has 0 aromatic heterocycles. The molecule has 0 bridgehead atoms. The van der Waals surface area contributed by atoms with Crippen molar-refractivity contribution in [2.24, 2.45) is 0 Å². The van der Waals surface area contributed by atoms with Gasteiger partial charge in [-0.25, -0.2) is 21.6 Å². The van der Waals surface area contributed by atoms with Gasteiger partial charge in [-0.15, -0.1) is 0 Å². The molecule has 0 amide bonds. The quantitative estimate of drug-likeness (QED) is 0.269. The van der Waals surface area contributed by atoms with Gasteiger partial charge in [0.15, 0.2) is 0 Å². The third kappa shape index (κ3) is 8.21. The Morgan fingerprint density at radius 3 is 1.98 bits per heavy atom. The van der Waals surface area contributed by atoms with Crippen LogP contribution in [0.1, 0.15) is 28.4 Å². The fourth-order valence-electron chi connectivity index (χ4n) is 3.95. The van der Waals surface area contributed by atoms with Crippen molar-refractivity contribution in [1.29, 1.82) is 0 Å². The van der Waals surface area contributed by atoms with Gasteiger partial charge in [0.2, 0.25) is 20.0 Å². The average Bonchev–Trinajstić information content (AvgIpc) is 2.94. The molecule has 0 atom stereocenters. The molecule has 13 heteroatoms. The van der Waals surface area contributed by atoms with Gasteiger partial charge in [-0.2, -0.15) is 0 Å². The molecule has 220 valence electrons. The Bertz CT molecular complexity index is 1570. The van der Waals surface area contributed by atoms with Crippen LogP contribution in [0.25, 0.3) is 0 Å². The molecule has 11 nitrogen and oxygen atoms in total. The molecule has 0 saturated heterocycles. The lowest BCUT2D eigenvalue weighted by molar-refractivity contribution is -0.138. The number of benzene rings is 3. The summed E-state index contributed by atoms with van der Waals surface area (Å²) in [4.78, 5) is 24.3. The van der Waals surface area contributed by atoms with E-state index in [1.165, 1.54) is 41.7 Å². The maximum absolute atomic E-state index is 13.8. The molecule has 0 aliphatic heterocycles. The normalized spacial score (nSPS) is 11.4. The first-order chi connectivity index (χ1) is 19.4. The van der Waals surface area contributed by atoms with Crippen LogP contribution in [0.4, 0.5) is 11.4 Å². The Labute approximate surface area is 240 Å². The fourth-order valence-corrected chi connectivity index (χ4v) is 6.35. The largest absolute Gasteiger partial charge is 0.493 e. The van der Waals surface area contributed by atoms with Crippen molar-refractivity contribution in [3.63, 3.8) is 0 Å². The van der Waals surface area contributed by atoms with Crippen LogP contribution in [-0.4, -0.2) is 62.4 Å². The second kappa shape index (κ2) is 13.5. The van der Waals surface area contributed by atoms with Crippen molar-refractivity contribution >= 4 is 43.4 Å². The Balaban J connectivity index is 2.05. The Morgan fingerprint density at radius 2 is 1.41 bits per heavy atom. The Hall–Kier alpha value is -4.10. The molecule has 3 aromatic rings. The second-order valence-corrected chi connectivity index (χ2v) is 12.7. The van der Waals surface area contributed by atoms with E-state index in [1.807, 2.05) is 0 Å². The third-order valence-corrected chi connectivity index (χ3v) is 8.79. The lowest BCUT2D eigenvalue weighted by atomic mass is 10.1. The summed E-state index contributed by atoms with van der Waals surface area (Å²) in [6.07, 6.45) is 0.965. The minimum atomic E-state index is -4.00. The monoisotopic (exact) mass is 604 g/mol. The molecule has 41 heavy (non-hydrogen) atoms. The van der Waals surface area contributed by atoms with E-state index in [0.717, 1.165) is 17.7 Å². The number of methoxy groups -OCH3 is 2. The molecule has 3 rings (SSSR count). The molecule has 0 saturated carbocycles. The van der Waals surface area contributed by atoms with Crippen LogP contribution in [0.15, 0.2) is 72.8 Å². The van der Waals surface area contributed by atoms with E-state index in [9.17, 15) is 26.4 Å². The lowest BCUT2D eigenvalue weighted by Crippen LogP contribution is -2.35. The van der Waals surface area contributed by atoms with Gasteiger partial charge in [0.1, 0.15) is 17.9 Å². The number of hydrogen-bond acceptors (Lipinski definition) is 9. The molecule has 0 heterocycles. The first kappa shape index (κ1) is 31.4. The molecular weight excluding hydrogens is 572 g/mol. The maximum atomic E-state index is 13.8. The molecule has 0 aliphatic rings. The number of ether oxygens (including phenoxy) is 3. The molecule has 0 unspecified atom stereocenters. The molecule has 3 aromatic carbocycles. The summed E-state index contributed by atoms with van der Waals surface area (Å²) in [6, 6.07) is 19.2. The van der Waals surface area contributed by atoms with E-state index in [-0.39, 0.29) is 41.6 Å². The summed E-state index contributed by atoms with van der Waals surface area (Å²) >= 11 is 0. The molecule has 0 N–H and O–H groups in total. The number of rotatable bonds is 13. The van der Waals surface area contributed by atoms with Gasteiger partial charge >= 0.3 is 11.9 Å². The van der Waals surface area contributed by atoms with Gasteiger partial charge in [0.05, 0.1) is 50.8 Å². The van der Waals surface area contributed by atoms with Gasteiger partial charge in [-0.1, -0.05) is 42.5 Å². The minimum absolute atomic E-state index is 0.0636. The number of carbonyl (C=O) groups is 2. The van der Waals surface area contributed by atoms with E-state index in [1.54, 1.807) is 49.4 Å². The highest BCUT2D eigenvalue weighted by atomic mass is 32.2. The van der Waals surface area contributed by atoms with Crippen molar-refractivity contribution in [3.8, 4) is 5.75 Å². The predicted molar refractivity (Wildman–Crippen MR) is 155 cm³/mol. The van der Waals surface area contributed by atoms with Crippen molar-refractivity contribution in [2.75, 3.05) is 42.2 Å². The molecule has 0 aliphatic carbocycles. The highest BCUT2D eigenvalue weighted by molar-refractivity contribution is 7.92. The van der Waals surface area contributed by atoms with Gasteiger partial charge in [-0.3, -0.25) is 13.4 Å². The number of esters is 2. The van der Waals surface area contributed by atoms with Gasteiger partial charge in [0.25, 0.3) is 0 Å². The van der Waals surface area contributed by atoms with Crippen molar-refractivity contribution in [2.45, 2.75) is 19.2 Å². The van der Waals surface area contributed by atoms with E-state index in [2.05, 4.69) is 4.74 Å². The SMILES string of the molecule is CCOc1ccc(N(Cc2ccc(N(CC(=O)OC)S(C)(=O)=O)cc2)S(=O)(=O)Cc2ccccc2)cc1C(=O)OC. The number of nitrogens with zero attached hydrogens (tertiary/aromatic N) is 2. The predicted octanol–water partition coefficient (Wildman–Crippen LogP) is 3.35. The van der Waals surface area contributed by atoms with Crippen LogP contribution in [-0.2, 0) is 46.6 Å². The van der Waals surface area contributed by atoms with Crippen LogP contribution < -0.4 is 13.3 Å². The zero-order chi connectivity index (χ0) is 30.2. The van der Waals surface area contributed by atoms with Crippen LogP contribution in [0.2, 0.25) is 0 Å². The van der Waals surface area contributed by atoms with Crippen LogP contribution in [0.5, 0.6) is 5.75 Å². The summed E-state index contributed by atoms with van der Waals surface area (Å²) in [5.74, 6) is -1.49. The van der Waals surface area contributed by atoms with Crippen molar-refractivity contribution in [3.05, 3.63) is 89.5 Å². The van der Waals surface area contributed by atoms with E-state index < -0.39 is 38.5 Å². The highest BCUT2D eigenvalue weighted by Crippen LogP contribution is 2.30. The topological polar surface area (TPSA) is 137 Å². The average molecular weight is 605 g/mol. The van der Waals surface area contributed by atoms with Crippen LogP contribution in [0.3, 0.4) is 0 Å². The smallest absolute Gasteiger partial charge is 0.341 e. The van der Waals surface area contributed by atoms with E-state index >= 15 is 0 Å². The molecule has 0 fully saturated rings. The summed E-state index contributed by atoms with van der Waals surface area (Å²) in [6.45, 7) is 1.38. The first-order valence-corrected chi connectivity index (χ1v) is 15.9. The van der Waals surface area contributed by atoms with E-state index in [4.69, 9.17) is 9.47 Å². The number of anilines is 2.